The second kappa shape index (κ2) is 10.7. The lowest BCUT2D eigenvalue weighted by atomic mass is 10.1. The maximum atomic E-state index is 11.6. The molecule has 0 radical (unpaired) electrons. The van der Waals surface area contributed by atoms with Gasteiger partial charge in [-0.15, -0.1) is 0 Å². The average Bonchev–Trinajstić information content (AvgIpc) is 3.65. The largest absolute Gasteiger partial charge is 0.370 e. The van der Waals surface area contributed by atoms with Crippen LogP contribution >= 0.6 is 34.8 Å². The first-order valence-corrected chi connectivity index (χ1v) is 11.7. The Hall–Kier alpha value is -2.74. The van der Waals surface area contributed by atoms with Gasteiger partial charge >= 0.3 is 0 Å². The van der Waals surface area contributed by atoms with Gasteiger partial charge in [-0.1, -0.05) is 59.1 Å². The summed E-state index contributed by atoms with van der Waals surface area (Å²) < 4.78 is 0. The van der Waals surface area contributed by atoms with E-state index in [1.165, 1.54) is 0 Å². The molecular formula is C24H27Cl3N6O. The number of allylic oxidation sites excluding steroid dienone is 1. The molecule has 0 aliphatic heterocycles. The molecular weight excluding hydrogens is 495 g/mol. The van der Waals surface area contributed by atoms with Gasteiger partial charge in [0.05, 0.1) is 0 Å². The number of carbonyl (C=O) groups is 1. The van der Waals surface area contributed by atoms with Gasteiger partial charge in [-0.05, 0) is 67.0 Å². The molecule has 0 heterocycles. The molecule has 2 saturated carbocycles. The Bertz CT molecular complexity index is 1080. The average molecular weight is 522 g/mol. The Morgan fingerprint density at radius 1 is 0.853 bits per heavy atom. The molecule has 2 aromatic carbocycles. The van der Waals surface area contributed by atoms with Gasteiger partial charge in [0.25, 0.3) is 5.91 Å². The first-order chi connectivity index (χ1) is 16.0. The Kier molecular flexibility index (Phi) is 8.13. The maximum absolute atomic E-state index is 11.6. The summed E-state index contributed by atoms with van der Waals surface area (Å²) in [6.07, 6.45) is 1.72. The van der Waals surface area contributed by atoms with Crippen molar-refractivity contribution in [1.82, 2.24) is 0 Å². The van der Waals surface area contributed by atoms with E-state index < -0.39 is 0 Å². The molecule has 8 N–H and O–H groups in total. The first kappa shape index (κ1) is 25.9. The summed E-state index contributed by atoms with van der Waals surface area (Å²) in [5.74, 6) is 0.195. The Morgan fingerprint density at radius 3 is 2.00 bits per heavy atom. The van der Waals surface area contributed by atoms with Crippen molar-refractivity contribution in [3.63, 3.8) is 0 Å². The third-order valence-electron chi connectivity index (χ3n) is 5.75. The van der Waals surface area contributed by atoms with Crippen LogP contribution in [0.1, 0.15) is 41.4 Å². The van der Waals surface area contributed by atoms with Crippen LogP contribution in [0.15, 0.2) is 58.7 Å². The summed E-state index contributed by atoms with van der Waals surface area (Å²) in [5.41, 5.74) is 24.9. The predicted molar refractivity (Wildman–Crippen MR) is 140 cm³/mol. The minimum atomic E-state index is -0.257. The standard InChI is InChI=1S/C12H13Cl2N3.C12H14ClN3O/c1-6(17-12(15)16)8-5-9(8)10-4-7(13)2-3-11(10)14;1-6-2-3-10(13)8(4-6)7-5-9(7)11(17)16-12(14)15/h2-4,8-9H,1,5H2,(H4,15,16,17);2-4,7,9H,5H2,1H3,(H4,14,15,16,17). The first-order valence-electron chi connectivity index (χ1n) is 10.6. The second-order valence-corrected chi connectivity index (χ2v) is 9.74. The number of hydrogen-bond donors (Lipinski definition) is 4. The van der Waals surface area contributed by atoms with E-state index in [2.05, 4.69) is 16.6 Å². The molecule has 0 bridgehead atoms. The summed E-state index contributed by atoms with van der Waals surface area (Å²) in [5, 5.41) is 2.10. The third-order valence-corrected chi connectivity index (χ3v) is 6.67. The fraction of sp³-hybridized carbons (Fsp3) is 0.292. The number of nitrogens with two attached hydrogens (primary N) is 4. The number of guanidine groups is 2. The number of halogens is 3. The summed E-state index contributed by atoms with van der Waals surface area (Å²) in [7, 11) is 0. The van der Waals surface area contributed by atoms with Gasteiger partial charge in [0.1, 0.15) is 0 Å². The maximum Gasteiger partial charge on any atom is 0.252 e. The van der Waals surface area contributed by atoms with Crippen molar-refractivity contribution in [2.45, 2.75) is 31.6 Å². The zero-order chi connectivity index (χ0) is 25.2. The third kappa shape index (κ3) is 6.65. The van der Waals surface area contributed by atoms with E-state index in [0.29, 0.717) is 21.7 Å². The lowest BCUT2D eigenvalue weighted by molar-refractivity contribution is -0.119. The van der Waals surface area contributed by atoms with Gasteiger partial charge < -0.3 is 22.9 Å². The molecule has 4 rings (SSSR count). The quantitative estimate of drug-likeness (QED) is 0.339. The highest BCUT2D eigenvalue weighted by molar-refractivity contribution is 6.33. The van der Waals surface area contributed by atoms with Crippen LogP contribution in [0.25, 0.3) is 0 Å². The van der Waals surface area contributed by atoms with Crippen molar-refractivity contribution in [3.05, 3.63) is 80.4 Å². The number of hydrogen-bond acceptors (Lipinski definition) is 2. The van der Waals surface area contributed by atoms with Crippen LogP contribution in [-0.4, -0.2) is 17.8 Å². The molecule has 2 aliphatic rings. The Labute approximate surface area is 213 Å². The van der Waals surface area contributed by atoms with Gasteiger partial charge in [-0.3, -0.25) is 4.79 Å². The van der Waals surface area contributed by atoms with Crippen LogP contribution < -0.4 is 22.9 Å². The van der Waals surface area contributed by atoms with Crippen LogP contribution in [0.2, 0.25) is 15.1 Å². The van der Waals surface area contributed by atoms with Crippen molar-refractivity contribution >= 4 is 52.6 Å². The molecule has 0 aromatic heterocycles. The fourth-order valence-corrected chi connectivity index (χ4v) is 4.62. The number of nitrogens with zero attached hydrogens (tertiary/aromatic N) is 2. The molecule has 1 amide bonds. The molecule has 180 valence electrons. The van der Waals surface area contributed by atoms with E-state index in [9.17, 15) is 4.79 Å². The van der Waals surface area contributed by atoms with Crippen LogP contribution in [0.3, 0.4) is 0 Å². The fourth-order valence-electron chi connectivity index (χ4n) is 3.92. The van der Waals surface area contributed by atoms with Crippen LogP contribution in [0, 0.1) is 18.8 Å². The van der Waals surface area contributed by atoms with E-state index in [4.69, 9.17) is 57.7 Å². The molecule has 4 unspecified atom stereocenters. The minimum Gasteiger partial charge on any atom is -0.370 e. The predicted octanol–water partition coefficient (Wildman–Crippen LogP) is 4.44. The molecule has 7 nitrogen and oxygen atoms in total. The lowest BCUT2D eigenvalue weighted by Crippen LogP contribution is -2.24. The summed E-state index contributed by atoms with van der Waals surface area (Å²) in [6, 6.07) is 11.3. The molecule has 4 atom stereocenters. The normalized spacial score (nSPS) is 22.0. The summed E-state index contributed by atoms with van der Waals surface area (Å²) >= 11 is 18.2. The van der Waals surface area contributed by atoms with Crippen molar-refractivity contribution in [2.24, 2.45) is 44.8 Å². The number of carbonyl (C=O) groups excluding carboxylic acids is 1. The van der Waals surface area contributed by atoms with E-state index >= 15 is 0 Å². The van der Waals surface area contributed by atoms with Crippen LogP contribution in [0.4, 0.5) is 0 Å². The van der Waals surface area contributed by atoms with Crippen molar-refractivity contribution in [3.8, 4) is 0 Å². The summed E-state index contributed by atoms with van der Waals surface area (Å²) in [6.45, 7) is 5.86. The number of amides is 1. The Balaban J connectivity index is 0.000000191. The number of aryl methyl sites for hydroxylation is 1. The molecule has 34 heavy (non-hydrogen) atoms. The molecule has 0 saturated heterocycles. The van der Waals surface area contributed by atoms with Gasteiger partial charge in [0.2, 0.25) is 0 Å². The number of rotatable bonds is 5. The molecule has 2 aliphatic carbocycles. The highest BCUT2D eigenvalue weighted by Crippen LogP contribution is 2.53. The molecule has 2 aromatic rings. The minimum absolute atomic E-state index is 0.0397. The van der Waals surface area contributed by atoms with E-state index in [1.54, 1.807) is 12.1 Å². The van der Waals surface area contributed by atoms with Crippen LogP contribution in [-0.2, 0) is 4.79 Å². The van der Waals surface area contributed by atoms with Crippen LogP contribution in [0.5, 0.6) is 0 Å². The number of aliphatic imine (C=N–C) groups is 2. The summed E-state index contributed by atoms with van der Waals surface area (Å²) in [4.78, 5) is 19.1. The zero-order valence-electron chi connectivity index (χ0n) is 18.6. The van der Waals surface area contributed by atoms with E-state index in [1.807, 2.05) is 31.2 Å². The van der Waals surface area contributed by atoms with Gasteiger partial charge in [0.15, 0.2) is 11.9 Å². The van der Waals surface area contributed by atoms with Crippen molar-refractivity contribution in [1.29, 1.82) is 0 Å². The van der Waals surface area contributed by atoms with E-state index in [0.717, 1.165) is 34.6 Å². The van der Waals surface area contributed by atoms with Gasteiger partial charge in [-0.2, -0.15) is 4.99 Å². The van der Waals surface area contributed by atoms with Crippen molar-refractivity contribution in [2.75, 3.05) is 0 Å². The number of benzene rings is 2. The lowest BCUT2D eigenvalue weighted by Gasteiger charge is -2.04. The molecule has 10 heteroatoms. The Morgan fingerprint density at radius 2 is 1.38 bits per heavy atom. The smallest absolute Gasteiger partial charge is 0.252 e. The highest BCUT2D eigenvalue weighted by atomic mass is 35.5. The van der Waals surface area contributed by atoms with Gasteiger partial charge in [-0.25, -0.2) is 4.99 Å². The van der Waals surface area contributed by atoms with Crippen molar-refractivity contribution < 1.29 is 4.79 Å². The SMILES string of the molecule is C=C(N=C(N)N)C1CC1c1cc(Cl)ccc1Cl.Cc1ccc(Cl)c(C2CC2C(=O)N=C(N)N)c1. The monoisotopic (exact) mass is 520 g/mol. The highest BCUT2D eigenvalue weighted by Gasteiger charge is 2.45. The topological polar surface area (TPSA) is 146 Å². The zero-order valence-corrected chi connectivity index (χ0v) is 20.9. The molecule has 2 fully saturated rings. The second-order valence-electron chi connectivity index (χ2n) is 8.49. The van der Waals surface area contributed by atoms with E-state index in [-0.39, 0.29) is 35.6 Å². The molecule has 0 spiro atoms. The van der Waals surface area contributed by atoms with Gasteiger partial charge in [0, 0.05) is 32.6 Å².